The Kier molecular flexibility index (Phi) is 2.33. The third kappa shape index (κ3) is 1.71. The van der Waals surface area contributed by atoms with Crippen LogP contribution in [0.3, 0.4) is 0 Å². The lowest BCUT2D eigenvalue weighted by Crippen LogP contribution is -2.27. The van der Waals surface area contributed by atoms with Gasteiger partial charge in [0.25, 0.3) is 0 Å². The van der Waals surface area contributed by atoms with Gasteiger partial charge in [-0.05, 0) is 31.4 Å². The fourth-order valence-corrected chi connectivity index (χ4v) is 2.63. The molecule has 0 radical (unpaired) electrons. The molecule has 96 valence electrons. The highest BCUT2D eigenvalue weighted by Gasteiger charge is 2.20. The SMILES string of the molecule is c1cc(-c2cnc3[nH]ccc3c2NC2CCC2)c[nH]1. The van der Waals surface area contributed by atoms with Crippen molar-refractivity contribution < 1.29 is 0 Å². The molecule has 0 atom stereocenters. The molecule has 1 saturated carbocycles. The molecule has 0 bridgehead atoms. The van der Waals surface area contributed by atoms with Crippen molar-refractivity contribution in [2.24, 2.45) is 0 Å². The van der Waals surface area contributed by atoms with Gasteiger partial charge in [-0.25, -0.2) is 4.98 Å². The quantitative estimate of drug-likeness (QED) is 0.668. The van der Waals surface area contributed by atoms with Crippen LogP contribution >= 0.6 is 0 Å². The molecule has 0 aromatic carbocycles. The van der Waals surface area contributed by atoms with Crippen molar-refractivity contribution in [3.05, 3.63) is 36.9 Å². The highest BCUT2D eigenvalue weighted by molar-refractivity contribution is 5.98. The standard InChI is InChI=1S/C15H16N4/c1-2-11(3-1)19-14-12-5-7-17-15(12)18-9-13(14)10-4-6-16-8-10/h4-9,11,16H,1-3H2,(H2,17,18,19). The van der Waals surface area contributed by atoms with E-state index in [0.717, 1.165) is 5.65 Å². The Hall–Kier alpha value is -2.23. The zero-order valence-electron chi connectivity index (χ0n) is 10.6. The van der Waals surface area contributed by atoms with E-state index in [1.165, 1.54) is 41.5 Å². The van der Waals surface area contributed by atoms with E-state index < -0.39 is 0 Å². The monoisotopic (exact) mass is 252 g/mol. The van der Waals surface area contributed by atoms with Crippen molar-refractivity contribution in [2.45, 2.75) is 25.3 Å². The number of H-pyrrole nitrogens is 2. The average molecular weight is 252 g/mol. The van der Waals surface area contributed by atoms with Crippen LogP contribution in [-0.4, -0.2) is 21.0 Å². The van der Waals surface area contributed by atoms with Crippen molar-refractivity contribution >= 4 is 16.7 Å². The van der Waals surface area contributed by atoms with E-state index in [0.29, 0.717) is 6.04 Å². The molecule has 1 aliphatic carbocycles. The Morgan fingerprint density at radius 1 is 1.21 bits per heavy atom. The molecule has 19 heavy (non-hydrogen) atoms. The number of hydrogen-bond donors (Lipinski definition) is 3. The fraction of sp³-hybridized carbons (Fsp3) is 0.267. The highest BCUT2D eigenvalue weighted by atomic mass is 15.0. The minimum Gasteiger partial charge on any atom is -0.381 e. The molecule has 4 rings (SSSR count). The molecular formula is C15H16N4. The zero-order valence-corrected chi connectivity index (χ0v) is 10.6. The topological polar surface area (TPSA) is 56.5 Å². The van der Waals surface area contributed by atoms with Crippen LogP contribution in [0.15, 0.2) is 36.9 Å². The summed E-state index contributed by atoms with van der Waals surface area (Å²) in [5.41, 5.74) is 4.49. The first-order valence-electron chi connectivity index (χ1n) is 6.77. The van der Waals surface area contributed by atoms with Crippen molar-refractivity contribution in [2.75, 3.05) is 5.32 Å². The Morgan fingerprint density at radius 2 is 2.16 bits per heavy atom. The zero-order chi connectivity index (χ0) is 12.7. The first-order valence-corrected chi connectivity index (χ1v) is 6.77. The second-order valence-corrected chi connectivity index (χ2v) is 5.16. The normalized spacial score (nSPS) is 15.6. The van der Waals surface area contributed by atoms with Crippen LogP contribution in [0.1, 0.15) is 19.3 Å². The van der Waals surface area contributed by atoms with E-state index in [2.05, 4.69) is 32.4 Å². The summed E-state index contributed by atoms with van der Waals surface area (Å²) in [5.74, 6) is 0. The predicted octanol–water partition coefficient (Wildman–Crippen LogP) is 3.52. The molecule has 0 amide bonds. The van der Waals surface area contributed by atoms with Crippen molar-refractivity contribution in [1.82, 2.24) is 15.0 Å². The van der Waals surface area contributed by atoms with Crippen molar-refractivity contribution in [3.63, 3.8) is 0 Å². The van der Waals surface area contributed by atoms with Crippen LogP contribution in [0.4, 0.5) is 5.69 Å². The summed E-state index contributed by atoms with van der Waals surface area (Å²) in [7, 11) is 0. The van der Waals surface area contributed by atoms with Crippen molar-refractivity contribution in [1.29, 1.82) is 0 Å². The highest BCUT2D eigenvalue weighted by Crippen LogP contribution is 2.35. The molecule has 0 saturated heterocycles. The number of aromatic amines is 2. The Labute approximate surface area is 111 Å². The molecule has 3 heterocycles. The smallest absolute Gasteiger partial charge is 0.139 e. The molecule has 1 fully saturated rings. The lowest BCUT2D eigenvalue weighted by atomic mass is 9.92. The molecule has 1 aliphatic rings. The summed E-state index contributed by atoms with van der Waals surface area (Å²) in [4.78, 5) is 10.8. The molecule has 0 aliphatic heterocycles. The summed E-state index contributed by atoms with van der Waals surface area (Å²) in [6.07, 6.45) is 11.7. The molecule has 3 aromatic heterocycles. The second-order valence-electron chi connectivity index (χ2n) is 5.16. The van der Waals surface area contributed by atoms with E-state index in [-0.39, 0.29) is 0 Å². The Balaban J connectivity index is 1.88. The van der Waals surface area contributed by atoms with Gasteiger partial charge in [-0.2, -0.15) is 0 Å². The van der Waals surface area contributed by atoms with Crippen LogP contribution in [-0.2, 0) is 0 Å². The van der Waals surface area contributed by atoms with Gasteiger partial charge in [0, 0.05) is 47.3 Å². The van der Waals surface area contributed by atoms with Crippen LogP contribution in [0.25, 0.3) is 22.2 Å². The largest absolute Gasteiger partial charge is 0.381 e. The number of hydrogen-bond acceptors (Lipinski definition) is 2. The molecular weight excluding hydrogens is 236 g/mol. The summed E-state index contributed by atoms with van der Waals surface area (Å²) in [5, 5.41) is 4.86. The van der Waals surface area contributed by atoms with E-state index in [1.54, 1.807) is 0 Å². The van der Waals surface area contributed by atoms with Gasteiger partial charge in [-0.3, -0.25) is 0 Å². The summed E-state index contributed by atoms with van der Waals surface area (Å²) >= 11 is 0. The molecule has 0 spiro atoms. The first-order chi connectivity index (χ1) is 9.42. The van der Waals surface area contributed by atoms with E-state index in [9.17, 15) is 0 Å². The van der Waals surface area contributed by atoms with Crippen LogP contribution in [0.2, 0.25) is 0 Å². The molecule has 3 aromatic rings. The number of aromatic nitrogens is 3. The maximum atomic E-state index is 4.50. The number of pyridine rings is 1. The fourth-order valence-electron chi connectivity index (χ4n) is 2.63. The van der Waals surface area contributed by atoms with Crippen LogP contribution in [0, 0.1) is 0 Å². The van der Waals surface area contributed by atoms with Gasteiger partial charge in [0.2, 0.25) is 0 Å². The van der Waals surface area contributed by atoms with Gasteiger partial charge in [0.15, 0.2) is 0 Å². The number of nitrogens with zero attached hydrogens (tertiary/aromatic N) is 1. The Morgan fingerprint density at radius 3 is 2.89 bits per heavy atom. The van der Waals surface area contributed by atoms with Crippen LogP contribution in [0.5, 0.6) is 0 Å². The summed E-state index contributed by atoms with van der Waals surface area (Å²) in [6, 6.07) is 4.79. The van der Waals surface area contributed by atoms with E-state index in [4.69, 9.17) is 0 Å². The maximum Gasteiger partial charge on any atom is 0.139 e. The average Bonchev–Trinajstić information content (AvgIpc) is 3.03. The molecule has 4 heteroatoms. The van der Waals surface area contributed by atoms with E-state index >= 15 is 0 Å². The van der Waals surface area contributed by atoms with Gasteiger partial charge in [0.05, 0.1) is 5.69 Å². The van der Waals surface area contributed by atoms with Gasteiger partial charge in [-0.1, -0.05) is 0 Å². The third-order valence-corrected chi connectivity index (χ3v) is 3.95. The maximum absolute atomic E-state index is 4.50. The van der Waals surface area contributed by atoms with Gasteiger partial charge in [-0.15, -0.1) is 0 Å². The van der Waals surface area contributed by atoms with Gasteiger partial charge in [0.1, 0.15) is 5.65 Å². The van der Waals surface area contributed by atoms with Gasteiger partial charge < -0.3 is 15.3 Å². The number of rotatable bonds is 3. The third-order valence-electron chi connectivity index (χ3n) is 3.95. The molecule has 4 nitrogen and oxygen atoms in total. The van der Waals surface area contributed by atoms with Gasteiger partial charge >= 0.3 is 0 Å². The molecule has 3 N–H and O–H groups in total. The minimum atomic E-state index is 0.609. The number of anilines is 1. The second kappa shape index (κ2) is 4.16. The number of fused-ring (bicyclic) bond motifs is 1. The minimum absolute atomic E-state index is 0.609. The van der Waals surface area contributed by atoms with E-state index in [1.807, 2.05) is 24.8 Å². The Bertz CT molecular complexity index is 692. The van der Waals surface area contributed by atoms with Crippen LogP contribution < -0.4 is 5.32 Å². The molecule has 0 unspecified atom stereocenters. The van der Waals surface area contributed by atoms with Crippen molar-refractivity contribution in [3.8, 4) is 11.1 Å². The number of nitrogens with one attached hydrogen (secondary N) is 3. The predicted molar refractivity (Wildman–Crippen MR) is 77.1 cm³/mol. The lowest BCUT2D eigenvalue weighted by Gasteiger charge is -2.28. The summed E-state index contributed by atoms with van der Waals surface area (Å²) in [6.45, 7) is 0. The lowest BCUT2D eigenvalue weighted by molar-refractivity contribution is 0.446. The summed E-state index contributed by atoms with van der Waals surface area (Å²) < 4.78 is 0. The first kappa shape index (κ1) is 10.7.